The van der Waals surface area contributed by atoms with Gasteiger partial charge in [-0.3, -0.25) is 9.78 Å². The smallest absolute Gasteiger partial charge is 0.356 e. The maximum absolute atomic E-state index is 11.4. The van der Waals surface area contributed by atoms with Crippen molar-refractivity contribution in [3.63, 3.8) is 0 Å². The van der Waals surface area contributed by atoms with Gasteiger partial charge in [0.15, 0.2) is 11.5 Å². The number of hydrogen-bond donors (Lipinski definition) is 1. The average Bonchev–Trinajstić information content (AvgIpc) is 2.73. The molecule has 0 aliphatic rings. The lowest BCUT2D eigenvalue weighted by Gasteiger charge is -1.98. The van der Waals surface area contributed by atoms with Crippen molar-refractivity contribution >= 4 is 46.3 Å². The summed E-state index contributed by atoms with van der Waals surface area (Å²) in [6.07, 6.45) is 1.37. The molecule has 2 heterocycles. The van der Waals surface area contributed by atoms with Gasteiger partial charge < -0.3 is 5.11 Å². The maximum atomic E-state index is 11.4. The Bertz CT molecular complexity index is 653. The van der Waals surface area contributed by atoms with Crippen LogP contribution in [-0.4, -0.2) is 26.8 Å². The van der Waals surface area contributed by atoms with Crippen LogP contribution in [0.15, 0.2) is 12.3 Å². The Morgan fingerprint density at radius 2 is 2.05 bits per heavy atom. The Morgan fingerprint density at radius 1 is 1.37 bits per heavy atom. The number of rotatable bonds is 3. The van der Waals surface area contributed by atoms with Crippen LogP contribution < -0.4 is 0 Å². The van der Waals surface area contributed by atoms with Crippen LogP contribution in [0.4, 0.5) is 0 Å². The molecule has 0 saturated heterocycles. The predicted octanol–water partition coefficient (Wildman–Crippen LogP) is 3.41. The summed E-state index contributed by atoms with van der Waals surface area (Å²) in [5.74, 6) is -1.64. The van der Waals surface area contributed by atoms with Gasteiger partial charge in [0.25, 0.3) is 0 Å². The van der Waals surface area contributed by atoms with Crippen molar-refractivity contribution in [3.05, 3.63) is 32.9 Å². The van der Waals surface area contributed by atoms with E-state index in [9.17, 15) is 9.59 Å². The molecule has 2 rings (SSSR count). The molecule has 0 fully saturated rings. The monoisotopic (exact) mass is 316 g/mol. The van der Waals surface area contributed by atoms with Crippen molar-refractivity contribution in [1.29, 1.82) is 0 Å². The fourth-order valence-electron chi connectivity index (χ4n) is 1.38. The van der Waals surface area contributed by atoms with Gasteiger partial charge in [-0.15, -0.1) is 11.3 Å². The van der Waals surface area contributed by atoms with Gasteiger partial charge in [0.05, 0.1) is 10.0 Å². The summed E-state index contributed by atoms with van der Waals surface area (Å²) in [7, 11) is 0. The van der Waals surface area contributed by atoms with Crippen molar-refractivity contribution in [1.82, 2.24) is 9.97 Å². The molecule has 8 heteroatoms. The number of thiazole rings is 1. The zero-order valence-electron chi connectivity index (χ0n) is 9.48. The standard InChI is InChI=1S/C11H6Cl2N2O3S/c1-4(16)9-8(11(17)18)15-10(19-9)7-6(13)2-5(12)3-14-7/h2-3H,1H3,(H,17,18). The van der Waals surface area contributed by atoms with E-state index in [0.29, 0.717) is 10.7 Å². The quantitative estimate of drug-likeness (QED) is 0.877. The molecule has 0 unspecified atom stereocenters. The van der Waals surface area contributed by atoms with Gasteiger partial charge in [0.1, 0.15) is 15.6 Å². The molecule has 0 aliphatic heterocycles. The van der Waals surface area contributed by atoms with Crippen molar-refractivity contribution in [3.8, 4) is 10.7 Å². The van der Waals surface area contributed by atoms with E-state index in [2.05, 4.69) is 9.97 Å². The fraction of sp³-hybridized carbons (Fsp3) is 0.0909. The van der Waals surface area contributed by atoms with Crippen LogP contribution in [0.25, 0.3) is 10.7 Å². The van der Waals surface area contributed by atoms with Crippen LogP contribution in [-0.2, 0) is 0 Å². The Kier molecular flexibility index (Phi) is 3.84. The number of halogens is 2. The molecule has 5 nitrogen and oxygen atoms in total. The third-order valence-corrected chi connectivity index (χ3v) is 3.82. The van der Waals surface area contributed by atoms with Gasteiger partial charge in [-0.2, -0.15) is 0 Å². The fourth-order valence-corrected chi connectivity index (χ4v) is 2.87. The van der Waals surface area contributed by atoms with Crippen molar-refractivity contribution in [2.45, 2.75) is 6.92 Å². The topological polar surface area (TPSA) is 80.2 Å². The summed E-state index contributed by atoms with van der Waals surface area (Å²) < 4.78 is 0. The van der Waals surface area contributed by atoms with Crippen LogP contribution in [0, 0.1) is 0 Å². The van der Waals surface area contributed by atoms with E-state index in [4.69, 9.17) is 28.3 Å². The molecule has 0 aromatic carbocycles. The van der Waals surface area contributed by atoms with E-state index < -0.39 is 5.97 Å². The number of carboxylic acid groups (broad SMARTS) is 1. The Hall–Kier alpha value is -1.50. The highest BCUT2D eigenvalue weighted by Gasteiger charge is 2.22. The normalized spacial score (nSPS) is 10.5. The number of aromatic nitrogens is 2. The molecule has 0 aliphatic carbocycles. The first-order chi connectivity index (χ1) is 8.90. The number of pyridine rings is 1. The second-order valence-corrected chi connectivity index (χ2v) is 5.38. The summed E-state index contributed by atoms with van der Waals surface area (Å²) in [5, 5.41) is 9.87. The minimum Gasteiger partial charge on any atom is -0.476 e. The highest BCUT2D eigenvalue weighted by molar-refractivity contribution is 7.17. The van der Waals surface area contributed by atoms with E-state index in [-0.39, 0.29) is 26.4 Å². The second-order valence-electron chi connectivity index (χ2n) is 3.54. The number of carbonyl (C=O) groups excluding carboxylic acids is 1. The number of Topliss-reactive ketones (excluding diaryl/α,β-unsaturated/α-hetero) is 1. The Balaban J connectivity index is 2.60. The Labute approximate surface area is 121 Å². The van der Waals surface area contributed by atoms with E-state index >= 15 is 0 Å². The third-order valence-electron chi connectivity index (χ3n) is 2.16. The molecule has 2 aromatic rings. The maximum Gasteiger partial charge on any atom is 0.356 e. The molecule has 0 radical (unpaired) electrons. The Morgan fingerprint density at radius 3 is 2.53 bits per heavy atom. The number of aromatic carboxylic acids is 1. The first kappa shape index (κ1) is 13.9. The lowest BCUT2D eigenvalue weighted by Crippen LogP contribution is -2.03. The number of ketones is 1. The zero-order valence-corrected chi connectivity index (χ0v) is 11.8. The van der Waals surface area contributed by atoms with E-state index in [1.165, 1.54) is 19.2 Å². The minimum absolute atomic E-state index is 0.0651. The first-order valence-electron chi connectivity index (χ1n) is 4.96. The van der Waals surface area contributed by atoms with Crippen LogP contribution >= 0.6 is 34.5 Å². The highest BCUT2D eigenvalue weighted by Crippen LogP contribution is 2.32. The summed E-state index contributed by atoms with van der Waals surface area (Å²) in [6, 6.07) is 1.47. The lowest BCUT2D eigenvalue weighted by atomic mass is 10.3. The number of carboxylic acids is 1. The molecule has 98 valence electrons. The van der Waals surface area contributed by atoms with Crippen molar-refractivity contribution < 1.29 is 14.7 Å². The first-order valence-corrected chi connectivity index (χ1v) is 6.54. The summed E-state index contributed by atoms with van der Waals surface area (Å²) in [6.45, 7) is 1.28. The second kappa shape index (κ2) is 5.24. The van der Waals surface area contributed by atoms with Crippen molar-refractivity contribution in [2.24, 2.45) is 0 Å². The summed E-state index contributed by atoms with van der Waals surface area (Å²) >= 11 is 12.6. The van der Waals surface area contributed by atoms with Crippen LogP contribution in [0.5, 0.6) is 0 Å². The molecular weight excluding hydrogens is 311 g/mol. The number of carbonyl (C=O) groups is 2. The molecular formula is C11H6Cl2N2O3S. The van der Waals surface area contributed by atoms with Gasteiger partial charge in [0, 0.05) is 13.1 Å². The van der Waals surface area contributed by atoms with E-state index in [1.807, 2.05) is 0 Å². The molecule has 1 N–H and O–H groups in total. The van der Waals surface area contributed by atoms with Crippen molar-refractivity contribution in [2.75, 3.05) is 0 Å². The van der Waals surface area contributed by atoms with Crippen LogP contribution in [0.2, 0.25) is 10.0 Å². The number of nitrogens with zero attached hydrogens (tertiary/aromatic N) is 2. The largest absolute Gasteiger partial charge is 0.476 e. The highest BCUT2D eigenvalue weighted by atomic mass is 35.5. The molecule has 0 saturated carbocycles. The number of hydrogen-bond acceptors (Lipinski definition) is 5. The van der Waals surface area contributed by atoms with Crippen LogP contribution in [0.1, 0.15) is 27.1 Å². The van der Waals surface area contributed by atoms with Gasteiger partial charge >= 0.3 is 5.97 Å². The molecule has 0 bridgehead atoms. The SMILES string of the molecule is CC(=O)c1sc(-c2ncc(Cl)cc2Cl)nc1C(=O)O. The van der Waals surface area contributed by atoms with E-state index in [1.54, 1.807) is 0 Å². The minimum atomic E-state index is -1.27. The van der Waals surface area contributed by atoms with Gasteiger partial charge in [0.2, 0.25) is 0 Å². The average molecular weight is 317 g/mol. The zero-order chi connectivity index (χ0) is 14.2. The summed E-state index contributed by atoms with van der Waals surface area (Å²) in [4.78, 5) is 30.4. The van der Waals surface area contributed by atoms with Gasteiger partial charge in [-0.05, 0) is 6.07 Å². The van der Waals surface area contributed by atoms with Crippen LogP contribution in [0.3, 0.4) is 0 Å². The molecule has 19 heavy (non-hydrogen) atoms. The summed E-state index contributed by atoms with van der Waals surface area (Å²) in [5.41, 5.74) is 0.00591. The lowest BCUT2D eigenvalue weighted by molar-refractivity contribution is 0.0687. The van der Waals surface area contributed by atoms with Gasteiger partial charge in [-0.25, -0.2) is 9.78 Å². The van der Waals surface area contributed by atoms with Gasteiger partial charge in [-0.1, -0.05) is 23.2 Å². The van der Waals surface area contributed by atoms with E-state index in [0.717, 1.165) is 11.3 Å². The molecule has 2 aromatic heterocycles. The predicted molar refractivity (Wildman–Crippen MR) is 72.3 cm³/mol. The molecule has 0 atom stereocenters. The third kappa shape index (κ3) is 2.75. The molecule has 0 amide bonds. The molecule has 0 spiro atoms.